The zero-order chi connectivity index (χ0) is 13.6. The molecule has 1 saturated carbocycles. The summed E-state index contributed by atoms with van der Waals surface area (Å²) in [7, 11) is 0. The standard InChI is InChI=1S/C16H32O2/c1-5-7-9-13(6-2)12-18-14-10-8-11-16(3,4)15(14)17/h13-15,17H,5-12H2,1-4H3. The quantitative estimate of drug-likeness (QED) is 0.741. The van der Waals surface area contributed by atoms with Crippen molar-refractivity contribution in [2.45, 2.75) is 84.8 Å². The minimum absolute atomic E-state index is 0.0219. The zero-order valence-electron chi connectivity index (χ0n) is 12.7. The molecule has 1 aliphatic rings. The number of aliphatic hydroxyl groups is 1. The fourth-order valence-corrected chi connectivity index (χ4v) is 2.90. The third-order valence-electron chi connectivity index (χ3n) is 4.55. The molecule has 18 heavy (non-hydrogen) atoms. The maximum atomic E-state index is 10.3. The molecule has 3 atom stereocenters. The van der Waals surface area contributed by atoms with E-state index in [1.54, 1.807) is 0 Å². The highest BCUT2D eigenvalue weighted by Gasteiger charge is 2.38. The third-order valence-corrected chi connectivity index (χ3v) is 4.55. The largest absolute Gasteiger partial charge is 0.390 e. The molecule has 0 spiro atoms. The van der Waals surface area contributed by atoms with Crippen molar-refractivity contribution in [1.82, 2.24) is 0 Å². The van der Waals surface area contributed by atoms with Gasteiger partial charge in [0, 0.05) is 6.61 Å². The second-order valence-corrected chi connectivity index (χ2v) is 6.61. The molecule has 0 heterocycles. The lowest BCUT2D eigenvalue weighted by molar-refractivity contribution is -0.119. The van der Waals surface area contributed by atoms with Crippen LogP contribution >= 0.6 is 0 Å². The SMILES string of the molecule is CCCCC(CC)COC1CCCC(C)(C)C1O. The second kappa shape index (κ2) is 7.49. The Morgan fingerprint density at radius 2 is 2.06 bits per heavy atom. The molecule has 1 fully saturated rings. The molecule has 3 unspecified atom stereocenters. The van der Waals surface area contributed by atoms with Crippen molar-refractivity contribution in [3.8, 4) is 0 Å². The number of hydrogen-bond donors (Lipinski definition) is 1. The van der Waals surface area contributed by atoms with Gasteiger partial charge in [-0.3, -0.25) is 0 Å². The maximum Gasteiger partial charge on any atom is 0.0852 e. The highest BCUT2D eigenvalue weighted by molar-refractivity contribution is 4.89. The highest BCUT2D eigenvalue weighted by atomic mass is 16.5. The molecule has 108 valence electrons. The van der Waals surface area contributed by atoms with Gasteiger partial charge in [0.2, 0.25) is 0 Å². The minimum atomic E-state index is -0.296. The predicted molar refractivity (Wildman–Crippen MR) is 76.7 cm³/mol. The van der Waals surface area contributed by atoms with Crippen LogP contribution in [0.15, 0.2) is 0 Å². The van der Waals surface area contributed by atoms with Gasteiger partial charge in [-0.1, -0.05) is 53.4 Å². The van der Waals surface area contributed by atoms with Gasteiger partial charge in [-0.15, -0.1) is 0 Å². The van der Waals surface area contributed by atoms with E-state index in [-0.39, 0.29) is 17.6 Å². The van der Waals surface area contributed by atoms with Crippen LogP contribution in [0.5, 0.6) is 0 Å². The number of unbranched alkanes of at least 4 members (excludes halogenated alkanes) is 1. The van der Waals surface area contributed by atoms with Gasteiger partial charge >= 0.3 is 0 Å². The lowest BCUT2D eigenvalue weighted by atomic mass is 9.73. The number of ether oxygens (including phenoxy) is 1. The summed E-state index contributed by atoms with van der Waals surface area (Å²) in [5.41, 5.74) is 0.0219. The summed E-state index contributed by atoms with van der Waals surface area (Å²) in [6.07, 6.45) is 8.08. The molecule has 0 amide bonds. The molecule has 0 aromatic carbocycles. The monoisotopic (exact) mass is 256 g/mol. The van der Waals surface area contributed by atoms with Crippen LogP contribution in [-0.2, 0) is 4.74 Å². The lowest BCUT2D eigenvalue weighted by Gasteiger charge is -2.40. The van der Waals surface area contributed by atoms with Crippen molar-refractivity contribution in [2.75, 3.05) is 6.61 Å². The summed E-state index contributed by atoms with van der Waals surface area (Å²) in [6, 6.07) is 0. The molecule has 1 rings (SSSR count). The fraction of sp³-hybridized carbons (Fsp3) is 1.00. The van der Waals surface area contributed by atoms with Gasteiger partial charge in [0.05, 0.1) is 12.2 Å². The second-order valence-electron chi connectivity index (χ2n) is 6.61. The van der Waals surface area contributed by atoms with Gasteiger partial charge in [-0.2, -0.15) is 0 Å². The average molecular weight is 256 g/mol. The van der Waals surface area contributed by atoms with E-state index in [9.17, 15) is 5.11 Å². The maximum absolute atomic E-state index is 10.3. The van der Waals surface area contributed by atoms with Crippen molar-refractivity contribution < 1.29 is 9.84 Å². The Bertz CT molecular complexity index is 225. The molecule has 0 saturated heterocycles. The van der Waals surface area contributed by atoms with E-state index < -0.39 is 0 Å². The number of aliphatic hydroxyl groups excluding tert-OH is 1. The Balaban J connectivity index is 2.37. The molecule has 2 nitrogen and oxygen atoms in total. The zero-order valence-corrected chi connectivity index (χ0v) is 12.7. The van der Waals surface area contributed by atoms with E-state index in [4.69, 9.17) is 4.74 Å². The summed E-state index contributed by atoms with van der Waals surface area (Å²) < 4.78 is 6.03. The summed E-state index contributed by atoms with van der Waals surface area (Å²) in [5, 5.41) is 10.3. The summed E-state index contributed by atoms with van der Waals surface area (Å²) in [5.74, 6) is 0.669. The van der Waals surface area contributed by atoms with E-state index in [2.05, 4.69) is 27.7 Å². The molecule has 0 bridgehead atoms. The fourth-order valence-electron chi connectivity index (χ4n) is 2.90. The van der Waals surface area contributed by atoms with E-state index in [1.807, 2.05) is 0 Å². The Morgan fingerprint density at radius 3 is 2.67 bits per heavy atom. The summed E-state index contributed by atoms with van der Waals surface area (Å²) >= 11 is 0. The molecule has 1 N–H and O–H groups in total. The Morgan fingerprint density at radius 1 is 1.33 bits per heavy atom. The van der Waals surface area contributed by atoms with Crippen LogP contribution in [-0.4, -0.2) is 23.9 Å². The Labute approximate surface area is 113 Å². The molecule has 1 aliphatic carbocycles. The van der Waals surface area contributed by atoms with Crippen LogP contribution in [0, 0.1) is 11.3 Å². The molecule has 0 aliphatic heterocycles. The first-order valence-electron chi connectivity index (χ1n) is 7.81. The first-order chi connectivity index (χ1) is 8.51. The Hall–Kier alpha value is -0.0800. The van der Waals surface area contributed by atoms with Gasteiger partial charge in [-0.25, -0.2) is 0 Å². The van der Waals surface area contributed by atoms with E-state index in [0.29, 0.717) is 5.92 Å². The predicted octanol–water partition coefficient (Wildman–Crippen LogP) is 4.16. The first kappa shape index (κ1) is 16.0. The van der Waals surface area contributed by atoms with Crippen molar-refractivity contribution in [3.63, 3.8) is 0 Å². The normalized spacial score (nSPS) is 29.2. The summed E-state index contributed by atoms with van der Waals surface area (Å²) in [6.45, 7) is 9.61. The van der Waals surface area contributed by atoms with Gasteiger partial charge in [0.1, 0.15) is 0 Å². The van der Waals surface area contributed by atoms with Crippen molar-refractivity contribution in [3.05, 3.63) is 0 Å². The molecular weight excluding hydrogens is 224 g/mol. The molecule has 0 aromatic heterocycles. The van der Waals surface area contributed by atoms with Gasteiger partial charge in [-0.05, 0) is 30.6 Å². The van der Waals surface area contributed by atoms with Crippen molar-refractivity contribution in [2.24, 2.45) is 11.3 Å². The van der Waals surface area contributed by atoms with Crippen LogP contribution < -0.4 is 0 Å². The van der Waals surface area contributed by atoms with Crippen LogP contribution in [0.2, 0.25) is 0 Å². The van der Waals surface area contributed by atoms with Crippen LogP contribution in [0.1, 0.15) is 72.6 Å². The van der Waals surface area contributed by atoms with Gasteiger partial charge < -0.3 is 9.84 Å². The first-order valence-corrected chi connectivity index (χ1v) is 7.81. The number of rotatable bonds is 7. The van der Waals surface area contributed by atoms with Crippen LogP contribution in [0.3, 0.4) is 0 Å². The molecule has 0 radical (unpaired) electrons. The highest BCUT2D eigenvalue weighted by Crippen LogP contribution is 2.37. The van der Waals surface area contributed by atoms with E-state index in [0.717, 1.165) is 19.4 Å². The van der Waals surface area contributed by atoms with Crippen LogP contribution in [0.4, 0.5) is 0 Å². The van der Waals surface area contributed by atoms with Gasteiger partial charge in [0.25, 0.3) is 0 Å². The van der Waals surface area contributed by atoms with Crippen LogP contribution in [0.25, 0.3) is 0 Å². The van der Waals surface area contributed by atoms with Gasteiger partial charge in [0.15, 0.2) is 0 Å². The number of hydrogen-bond acceptors (Lipinski definition) is 2. The van der Waals surface area contributed by atoms with E-state index in [1.165, 1.54) is 32.1 Å². The molecule has 2 heteroatoms. The van der Waals surface area contributed by atoms with E-state index >= 15 is 0 Å². The minimum Gasteiger partial charge on any atom is -0.390 e. The third kappa shape index (κ3) is 4.55. The smallest absolute Gasteiger partial charge is 0.0852 e. The molecule has 0 aromatic rings. The lowest BCUT2D eigenvalue weighted by Crippen LogP contribution is -2.45. The van der Waals surface area contributed by atoms with Crippen molar-refractivity contribution in [1.29, 1.82) is 0 Å². The summed E-state index contributed by atoms with van der Waals surface area (Å²) in [4.78, 5) is 0. The average Bonchev–Trinajstić information content (AvgIpc) is 2.34. The Kier molecular flexibility index (Phi) is 6.65. The molecular formula is C16H32O2. The van der Waals surface area contributed by atoms with Crippen molar-refractivity contribution >= 4 is 0 Å². The topological polar surface area (TPSA) is 29.5 Å².